The molecule has 0 spiro atoms. The van der Waals surface area contributed by atoms with E-state index < -0.39 is 0 Å². The van der Waals surface area contributed by atoms with Crippen molar-refractivity contribution in [3.05, 3.63) is 0 Å². The van der Waals surface area contributed by atoms with Crippen LogP contribution < -0.4 is 5.32 Å². The van der Waals surface area contributed by atoms with Crippen molar-refractivity contribution in [2.75, 3.05) is 25.2 Å². The fraction of sp³-hybridized carbons (Fsp3) is 1.00. The summed E-state index contributed by atoms with van der Waals surface area (Å²) < 4.78 is 0. The molecule has 2 aliphatic heterocycles. The first-order valence-corrected chi connectivity index (χ1v) is 5.26. The predicted octanol–water partition coefficient (Wildman–Crippen LogP) is 0.353. The van der Waals surface area contributed by atoms with E-state index in [0.717, 1.165) is 12.1 Å². The molecule has 58 valence electrons. The molecule has 0 amide bonds. The minimum absolute atomic E-state index is 0.817. The van der Waals surface area contributed by atoms with Gasteiger partial charge in [0.2, 0.25) is 0 Å². The maximum atomic E-state index is 3.49. The van der Waals surface area contributed by atoms with Crippen LogP contribution in [-0.4, -0.2) is 42.2 Å². The van der Waals surface area contributed by atoms with E-state index in [-0.39, 0.29) is 0 Å². The van der Waals surface area contributed by atoms with Crippen LogP contribution in [0.25, 0.3) is 0 Å². The van der Waals surface area contributed by atoms with Gasteiger partial charge >= 0.3 is 0 Å². The highest BCUT2D eigenvalue weighted by Crippen LogP contribution is 2.23. The van der Waals surface area contributed by atoms with E-state index in [0.29, 0.717) is 0 Å². The molecule has 0 radical (unpaired) electrons. The summed E-state index contributed by atoms with van der Waals surface area (Å²) in [7, 11) is 0. The summed E-state index contributed by atoms with van der Waals surface area (Å²) in [6.45, 7) is 2.51. The van der Waals surface area contributed by atoms with E-state index in [1.54, 1.807) is 0 Å². The van der Waals surface area contributed by atoms with Crippen molar-refractivity contribution < 1.29 is 0 Å². The Morgan fingerprint density at radius 2 is 2.60 bits per heavy atom. The smallest absolute Gasteiger partial charge is 0.0445 e. The lowest BCUT2D eigenvalue weighted by molar-refractivity contribution is 0.265. The Labute approximate surface area is 66.4 Å². The van der Waals surface area contributed by atoms with Gasteiger partial charge in [0.15, 0.2) is 0 Å². The summed E-state index contributed by atoms with van der Waals surface area (Å²) in [5.74, 6) is 1.23. The average molecular weight is 158 g/mol. The van der Waals surface area contributed by atoms with Gasteiger partial charge in [-0.1, -0.05) is 0 Å². The van der Waals surface area contributed by atoms with Crippen LogP contribution in [0.2, 0.25) is 0 Å². The minimum Gasteiger partial charge on any atom is -0.311 e. The molecule has 2 heterocycles. The van der Waals surface area contributed by atoms with Crippen molar-refractivity contribution >= 4 is 11.8 Å². The highest BCUT2D eigenvalue weighted by atomic mass is 32.2. The van der Waals surface area contributed by atoms with Crippen molar-refractivity contribution in [1.29, 1.82) is 0 Å². The number of hydrogen-bond acceptors (Lipinski definition) is 3. The highest BCUT2D eigenvalue weighted by molar-refractivity contribution is 7.98. The zero-order valence-electron chi connectivity index (χ0n) is 6.34. The molecule has 0 aromatic rings. The zero-order chi connectivity index (χ0) is 6.97. The van der Waals surface area contributed by atoms with Gasteiger partial charge in [-0.3, -0.25) is 4.90 Å². The van der Waals surface area contributed by atoms with Gasteiger partial charge in [0, 0.05) is 31.0 Å². The van der Waals surface area contributed by atoms with Crippen LogP contribution in [0.3, 0.4) is 0 Å². The van der Waals surface area contributed by atoms with E-state index in [1.807, 2.05) is 11.8 Å². The van der Waals surface area contributed by atoms with E-state index in [9.17, 15) is 0 Å². The largest absolute Gasteiger partial charge is 0.311 e. The number of fused-ring (bicyclic) bond motifs is 2. The van der Waals surface area contributed by atoms with Gasteiger partial charge in [-0.25, -0.2) is 0 Å². The second kappa shape index (κ2) is 2.72. The second-order valence-corrected chi connectivity index (χ2v) is 4.02. The molecule has 2 atom stereocenters. The van der Waals surface area contributed by atoms with Gasteiger partial charge in [0.05, 0.1) is 0 Å². The van der Waals surface area contributed by atoms with Crippen LogP contribution >= 0.6 is 11.8 Å². The first-order chi connectivity index (χ1) is 4.90. The molecule has 2 saturated heterocycles. The van der Waals surface area contributed by atoms with Gasteiger partial charge < -0.3 is 5.32 Å². The van der Waals surface area contributed by atoms with Crippen molar-refractivity contribution in [1.82, 2.24) is 10.2 Å². The first-order valence-electron chi connectivity index (χ1n) is 3.86. The summed E-state index contributed by atoms with van der Waals surface area (Å²) in [6, 6.07) is 1.68. The van der Waals surface area contributed by atoms with E-state index in [4.69, 9.17) is 0 Å². The van der Waals surface area contributed by atoms with Crippen molar-refractivity contribution in [2.24, 2.45) is 0 Å². The van der Waals surface area contributed by atoms with Crippen molar-refractivity contribution in [3.8, 4) is 0 Å². The van der Waals surface area contributed by atoms with Crippen LogP contribution in [0.5, 0.6) is 0 Å². The molecule has 2 aliphatic rings. The van der Waals surface area contributed by atoms with Crippen LogP contribution in [0.1, 0.15) is 6.42 Å². The number of nitrogens with one attached hydrogen (secondary N) is 1. The first kappa shape index (κ1) is 6.95. The molecular weight excluding hydrogens is 144 g/mol. The summed E-state index contributed by atoms with van der Waals surface area (Å²) in [5.41, 5.74) is 0. The van der Waals surface area contributed by atoms with Crippen molar-refractivity contribution in [2.45, 2.75) is 18.5 Å². The molecular formula is C7H14N2S. The molecule has 2 bridgehead atoms. The molecule has 10 heavy (non-hydrogen) atoms. The molecule has 3 heteroatoms. The van der Waals surface area contributed by atoms with Crippen molar-refractivity contribution in [3.63, 3.8) is 0 Å². The third kappa shape index (κ3) is 1.06. The van der Waals surface area contributed by atoms with Gasteiger partial charge in [-0.2, -0.15) is 0 Å². The van der Waals surface area contributed by atoms with E-state index in [2.05, 4.69) is 16.5 Å². The number of piperazine rings is 1. The number of nitrogens with zero attached hydrogens (tertiary/aromatic N) is 1. The Hall–Kier alpha value is 0.270. The monoisotopic (exact) mass is 158 g/mol. The predicted molar refractivity (Wildman–Crippen MR) is 45.3 cm³/mol. The lowest BCUT2D eigenvalue weighted by Gasteiger charge is -2.25. The lowest BCUT2D eigenvalue weighted by atomic mass is 10.2. The summed E-state index contributed by atoms with van der Waals surface area (Å²) in [6.07, 6.45) is 3.57. The van der Waals surface area contributed by atoms with Crippen LogP contribution in [-0.2, 0) is 0 Å². The van der Waals surface area contributed by atoms with E-state index in [1.165, 1.54) is 25.4 Å². The summed E-state index contributed by atoms with van der Waals surface area (Å²) >= 11 is 1.94. The number of rotatable bonds is 2. The topological polar surface area (TPSA) is 15.3 Å². The molecule has 0 aromatic carbocycles. The molecule has 2 unspecified atom stereocenters. The highest BCUT2D eigenvalue weighted by Gasteiger charge is 2.36. The number of thioether (sulfide) groups is 1. The Balaban J connectivity index is 1.90. The third-order valence-electron chi connectivity index (χ3n) is 2.46. The third-order valence-corrected chi connectivity index (χ3v) is 3.05. The Bertz CT molecular complexity index is 129. The van der Waals surface area contributed by atoms with Gasteiger partial charge in [-0.05, 0) is 12.7 Å². The van der Waals surface area contributed by atoms with Crippen LogP contribution in [0.15, 0.2) is 0 Å². The minimum atomic E-state index is 0.817. The Morgan fingerprint density at radius 1 is 1.70 bits per heavy atom. The average Bonchev–Trinajstić information content (AvgIpc) is 2.48. The van der Waals surface area contributed by atoms with E-state index >= 15 is 0 Å². The quantitative estimate of drug-likeness (QED) is 0.624. The summed E-state index contributed by atoms with van der Waals surface area (Å²) in [4.78, 5) is 2.59. The van der Waals surface area contributed by atoms with Gasteiger partial charge in [0.1, 0.15) is 0 Å². The second-order valence-electron chi connectivity index (χ2n) is 3.18. The molecule has 2 nitrogen and oxygen atoms in total. The Kier molecular flexibility index (Phi) is 1.89. The SMILES string of the molecule is CSCN1CC2CC1CN2. The lowest BCUT2D eigenvalue weighted by Crippen LogP contribution is -2.43. The standard InChI is InChI=1S/C7H14N2S/c1-10-5-9-4-6-2-7(9)3-8-6/h6-8H,2-5H2,1H3. The van der Waals surface area contributed by atoms with Crippen LogP contribution in [0, 0.1) is 0 Å². The molecule has 1 N–H and O–H groups in total. The number of hydrogen-bond donors (Lipinski definition) is 1. The summed E-state index contributed by atoms with van der Waals surface area (Å²) in [5, 5.41) is 3.49. The molecule has 2 rings (SSSR count). The maximum absolute atomic E-state index is 3.49. The normalized spacial score (nSPS) is 39.3. The molecule has 0 aromatic heterocycles. The van der Waals surface area contributed by atoms with Gasteiger partial charge in [0.25, 0.3) is 0 Å². The zero-order valence-corrected chi connectivity index (χ0v) is 7.16. The maximum Gasteiger partial charge on any atom is 0.0445 e. The number of likely N-dealkylation sites (tertiary alicyclic amines) is 1. The molecule has 0 aliphatic carbocycles. The molecule has 2 fully saturated rings. The molecule has 0 saturated carbocycles. The fourth-order valence-electron chi connectivity index (χ4n) is 1.97. The van der Waals surface area contributed by atoms with Gasteiger partial charge in [-0.15, -0.1) is 11.8 Å². The fourth-order valence-corrected chi connectivity index (χ4v) is 2.62. The Morgan fingerprint density at radius 3 is 3.10 bits per heavy atom. The van der Waals surface area contributed by atoms with Crippen LogP contribution in [0.4, 0.5) is 0 Å².